The molecule has 1 spiro atoms. The Bertz CT molecular complexity index is 1260. The fraction of sp³-hybridized carbons (Fsp3) is 0.407. The van der Waals surface area contributed by atoms with Crippen LogP contribution < -0.4 is 10.6 Å². The van der Waals surface area contributed by atoms with Crippen molar-refractivity contribution in [1.82, 2.24) is 15.1 Å². The highest BCUT2D eigenvalue weighted by atomic mass is 35.5. The quantitative estimate of drug-likeness (QED) is 0.542. The Morgan fingerprint density at radius 1 is 1.19 bits per heavy atom. The number of carbonyl (C=O) groups excluding carboxylic acids is 4. The minimum Gasteiger partial charge on any atom is -0.427 e. The minimum atomic E-state index is -1.44. The van der Waals surface area contributed by atoms with Crippen molar-refractivity contribution in [2.75, 3.05) is 25.5 Å². The van der Waals surface area contributed by atoms with Crippen LogP contribution in [0.1, 0.15) is 42.4 Å². The molecular formula is C27H29ClN4O5. The van der Waals surface area contributed by atoms with E-state index in [1.807, 2.05) is 18.2 Å². The molecular weight excluding hydrogens is 496 g/mol. The van der Waals surface area contributed by atoms with E-state index in [0.717, 1.165) is 22.4 Å². The average molecular weight is 525 g/mol. The van der Waals surface area contributed by atoms with Crippen molar-refractivity contribution in [2.45, 2.75) is 44.2 Å². The SMILES string of the molecule is CNC(=O)Nc1ccc2c(c1)CC[C@@]21OC(=O)N(CC(=O)N(CCC2CC2)Cc2cccc(Cl)c2)C1=O. The fourth-order valence-corrected chi connectivity index (χ4v) is 5.27. The van der Waals surface area contributed by atoms with E-state index in [1.165, 1.54) is 19.9 Å². The molecule has 2 aliphatic carbocycles. The monoisotopic (exact) mass is 524 g/mol. The van der Waals surface area contributed by atoms with Gasteiger partial charge in [-0.2, -0.15) is 0 Å². The highest BCUT2D eigenvalue weighted by Crippen LogP contribution is 2.46. The summed E-state index contributed by atoms with van der Waals surface area (Å²) in [4.78, 5) is 54.1. The van der Waals surface area contributed by atoms with Gasteiger partial charge < -0.3 is 20.3 Å². The predicted octanol–water partition coefficient (Wildman–Crippen LogP) is 4.04. The molecule has 1 atom stereocenters. The average Bonchev–Trinajstić information content (AvgIpc) is 3.60. The zero-order valence-electron chi connectivity index (χ0n) is 20.6. The number of hydrogen-bond acceptors (Lipinski definition) is 5. The van der Waals surface area contributed by atoms with Gasteiger partial charge in [0.1, 0.15) is 6.54 Å². The molecule has 194 valence electrons. The molecule has 5 rings (SSSR count). The van der Waals surface area contributed by atoms with Gasteiger partial charge in [-0.1, -0.05) is 42.6 Å². The van der Waals surface area contributed by atoms with E-state index in [9.17, 15) is 19.2 Å². The number of aryl methyl sites for hydroxylation is 1. The topological polar surface area (TPSA) is 108 Å². The third-order valence-electron chi connectivity index (χ3n) is 7.26. The van der Waals surface area contributed by atoms with Crippen molar-refractivity contribution < 1.29 is 23.9 Å². The number of imide groups is 1. The lowest BCUT2D eigenvalue weighted by Gasteiger charge is -2.25. The van der Waals surface area contributed by atoms with Crippen molar-refractivity contribution in [1.29, 1.82) is 0 Å². The molecule has 3 aliphatic rings. The summed E-state index contributed by atoms with van der Waals surface area (Å²) in [5.41, 5.74) is 1.42. The standard InChI is InChI=1S/C27H29ClN4O5/c1-29-25(35)30-21-7-8-22-19(14-21)9-11-27(22)24(34)32(26(36)37-27)16-23(33)31(12-10-17-5-6-17)15-18-3-2-4-20(28)13-18/h2-4,7-8,13-14,17H,5-6,9-12,15-16H2,1H3,(H2,29,30,35)/t27-/m1/s1. The minimum absolute atomic E-state index is 0.287. The van der Waals surface area contributed by atoms with Gasteiger partial charge in [0.25, 0.3) is 5.91 Å². The molecule has 1 aliphatic heterocycles. The first-order chi connectivity index (χ1) is 17.8. The number of ether oxygens (including phenoxy) is 1. The van der Waals surface area contributed by atoms with Crippen LogP contribution in [-0.2, 0) is 32.9 Å². The molecule has 2 fully saturated rings. The summed E-state index contributed by atoms with van der Waals surface area (Å²) in [5.74, 6) is -0.220. The predicted molar refractivity (Wildman–Crippen MR) is 137 cm³/mol. The summed E-state index contributed by atoms with van der Waals surface area (Å²) in [5, 5.41) is 5.78. The molecule has 1 heterocycles. The van der Waals surface area contributed by atoms with Gasteiger partial charge in [0, 0.05) is 42.8 Å². The number of halogens is 1. The molecule has 5 amide bonds. The van der Waals surface area contributed by atoms with E-state index >= 15 is 0 Å². The molecule has 1 saturated carbocycles. The Morgan fingerprint density at radius 3 is 2.73 bits per heavy atom. The lowest BCUT2D eigenvalue weighted by Crippen LogP contribution is -2.44. The summed E-state index contributed by atoms with van der Waals surface area (Å²) >= 11 is 6.13. The zero-order chi connectivity index (χ0) is 26.2. The van der Waals surface area contributed by atoms with Crippen LogP contribution in [0.3, 0.4) is 0 Å². The molecule has 2 aromatic carbocycles. The van der Waals surface area contributed by atoms with E-state index < -0.39 is 17.6 Å². The Morgan fingerprint density at radius 2 is 2.00 bits per heavy atom. The number of anilines is 1. The molecule has 0 radical (unpaired) electrons. The van der Waals surface area contributed by atoms with Gasteiger partial charge in [-0.15, -0.1) is 0 Å². The molecule has 37 heavy (non-hydrogen) atoms. The van der Waals surface area contributed by atoms with Gasteiger partial charge in [0.2, 0.25) is 11.5 Å². The molecule has 2 N–H and O–H groups in total. The van der Waals surface area contributed by atoms with Crippen LogP contribution in [0.5, 0.6) is 0 Å². The van der Waals surface area contributed by atoms with Gasteiger partial charge in [-0.05, 0) is 54.2 Å². The van der Waals surface area contributed by atoms with Crippen LogP contribution in [0.4, 0.5) is 15.3 Å². The first-order valence-electron chi connectivity index (χ1n) is 12.5. The number of nitrogens with one attached hydrogen (secondary N) is 2. The van der Waals surface area contributed by atoms with E-state index in [0.29, 0.717) is 41.7 Å². The van der Waals surface area contributed by atoms with E-state index in [-0.39, 0.29) is 24.9 Å². The zero-order valence-corrected chi connectivity index (χ0v) is 21.3. The second kappa shape index (κ2) is 10.0. The first kappa shape index (κ1) is 25.1. The number of hydrogen-bond donors (Lipinski definition) is 2. The van der Waals surface area contributed by atoms with Crippen molar-refractivity contribution >= 4 is 41.2 Å². The van der Waals surface area contributed by atoms with Crippen LogP contribution in [-0.4, -0.2) is 53.9 Å². The highest BCUT2D eigenvalue weighted by molar-refractivity contribution is 6.30. The molecule has 0 unspecified atom stereocenters. The lowest BCUT2D eigenvalue weighted by atomic mass is 9.94. The number of benzene rings is 2. The second-order valence-corrected chi connectivity index (χ2v) is 10.3. The largest absolute Gasteiger partial charge is 0.427 e. The number of fused-ring (bicyclic) bond motifs is 2. The van der Waals surface area contributed by atoms with Crippen LogP contribution in [0.15, 0.2) is 42.5 Å². The van der Waals surface area contributed by atoms with Crippen molar-refractivity contribution in [3.05, 3.63) is 64.2 Å². The fourth-order valence-electron chi connectivity index (χ4n) is 5.05. The van der Waals surface area contributed by atoms with E-state index in [1.54, 1.807) is 29.2 Å². The number of urea groups is 1. The van der Waals surface area contributed by atoms with Gasteiger partial charge >= 0.3 is 12.1 Å². The maximum absolute atomic E-state index is 13.6. The number of amides is 5. The summed E-state index contributed by atoms with van der Waals surface area (Å²) in [6.45, 7) is 0.511. The van der Waals surface area contributed by atoms with E-state index in [4.69, 9.17) is 16.3 Å². The highest BCUT2D eigenvalue weighted by Gasteiger charge is 2.58. The number of nitrogens with zero attached hydrogens (tertiary/aromatic N) is 2. The molecule has 10 heteroatoms. The molecule has 0 aromatic heterocycles. The number of rotatable bonds is 8. The Kier molecular flexibility index (Phi) is 6.81. The third kappa shape index (κ3) is 5.13. The smallest absolute Gasteiger partial charge is 0.418 e. The van der Waals surface area contributed by atoms with Crippen molar-refractivity contribution in [3.63, 3.8) is 0 Å². The molecule has 1 saturated heterocycles. The van der Waals surface area contributed by atoms with Gasteiger partial charge in [0.05, 0.1) is 0 Å². The lowest BCUT2D eigenvalue weighted by molar-refractivity contribution is -0.142. The van der Waals surface area contributed by atoms with Gasteiger partial charge in [0.15, 0.2) is 0 Å². The molecule has 0 bridgehead atoms. The van der Waals surface area contributed by atoms with Crippen molar-refractivity contribution in [2.24, 2.45) is 5.92 Å². The van der Waals surface area contributed by atoms with Crippen LogP contribution in [0.25, 0.3) is 0 Å². The van der Waals surface area contributed by atoms with Gasteiger partial charge in [-0.25, -0.2) is 14.5 Å². The summed E-state index contributed by atoms with van der Waals surface area (Å²) in [6.07, 6.45) is 3.19. The van der Waals surface area contributed by atoms with Crippen molar-refractivity contribution in [3.8, 4) is 0 Å². The maximum Gasteiger partial charge on any atom is 0.418 e. The van der Waals surface area contributed by atoms with Gasteiger partial charge in [-0.3, -0.25) is 9.59 Å². The Labute approximate surface area is 220 Å². The van der Waals surface area contributed by atoms with Crippen LogP contribution in [0.2, 0.25) is 5.02 Å². The molecule has 9 nitrogen and oxygen atoms in total. The van der Waals surface area contributed by atoms with Crippen LogP contribution >= 0.6 is 11.6 Å². The second-order valence-electron chi connectivity index (χ2n) is 9.84. The first-order valence-corrected chi connectivity index (χ1v) is 12.9. The summed E-state index contributed by atoms with van der Waals surface area (Å²) < 4.78 is 5.68. The Hall–Kier alpha value is -3.59. The number of carbonyl (C=O) groups is 4. The maximum atomic E-state index is 13.6. The van der Waals surface area contributed by atoms with Crippen LogP contribution in [0, 0.1) is 5.92 Å². The normalized spacial score (nSPS) is 20.1. The van der Waals surface area contributed by atoms with E-state index in [2.05, 4.69) is 10.6 Å². The summed E-state index contributed by atoms with van der Waals surface area (Å²) in [7, 11) is 1.52. The Balaban J connectivity index is 1.32. The summed E-state index contributed by atoms with van der Waals surface area (Å²) in [6, 6.07) is 12.1. The third-order valence-corrected chi connectivity index (χ3v) is 7.49. The molecule has 2 aromatic rings.